The summed E-state index contributed by atoms with van der Waals surface area (Å²) in [5.74, 6) is -3.09. The first kappa shape index (κ1) is 24.5. The molecule has 0 saturated carbocycles. The molecule has 1 aromatic rings. The number of piperazine rings is 1. The van der Waals surface area contributed by atoms with E-state index in [1.807, 2.05) is 13.8 Å². The van der Waals surface area contributed by atoms with E-state index < -0.39 is 30.3 Å². The fraction of sp³-hybridized carbons (Fsp3) is 0.562. The van der Waals surface area contributed by atoms with Crippen molar-refractivity contribution in [2.24, 2.45) is 0 Å². The first-order valence-corrected chi connectivity index (χ1v) is 8.23. The normalized spacial score (nSPS) is 17.4. The second-order valence-corrected chi connectivity index (χ2v) is 6.14. The van der Waals surface area contributed by atoms with Gasteiger partial charge in [0.1, 0.15) is 11.8 Å². The standard InChI is InChI=1S/C14H18F3N3O2.C2HF3O2/c1-9(2)22-11-5-10(6-19-7-11)13(21)20-4-3-18-8-12(20)14(15,16)17;3-2(4,5)1(6)7/h5-7,9,12,18H,3-4,8H2,1-2H3;(H,6,7). The number of carbonyl (C=O) groups is 2. The molecule has 0 aliphatic carbocycles. The highest BCUT2D eigenvalue weighted by Crippen LogP contribution is 2.27. The fourth-order valence-electron chi connectivity index (χ4n) is 2.28. The third-order valence-corrected chi connectivity index (χ3v) is 3.46. The van der Waals surface area contributed by atoms with Crippen LogP contribution in [0.15, 0.2) is 18.5 Å². The number of hydrogen-bond acceptors (Lipinski definition) is 5. The average Bonchev–Trinajstić information content (AvgIpc) is 2.60. The molecule has 1 saturated heterocycles. The van der Waals surface area contributed by atoms with E-state index in [2.05, 4.69) is 10.3 Å². The summed E-state index contributed by atoms with van der Waals surface area (Å²) in [6, 6.07) is -0.409. The van der Waals surface area contributed by atoms with Crippen LogP contribution >= 0.6 is 0 Å². The molecule has 0 radical (unpaired) electrons. The van der Waals surface area contributed by atoms with Crippen molar-refractivity contribution < 1.29 is 45.8 Å². The molecule has 0 spiro atoms. The number of rotatable bonds is 3. The highest BCUT2D eigenvalue weighted by atomic mass is 19.4. The van der Waals surface area contributed by atoms with Crippen molar-refractivity contribution in [3.05, 3.63) is 24.0 Å². The van der Waals surface area contributed by atoms with Gasteiger partial charge in [-0.15, -0.1) is 0 Å². The minimum Gasteiger partial charge on any atom is -0.489 e. The molecule has 0 bridgehead atoms. The van der Waals surface area contributed by atoms with Gasteiger partial charge in [-0.2, -0.15) is 26.3 Å². The number of hydrogen-bond donors (Lipinski definition) is 2. The molecule has 2 heterocycles. The van der Waals surface area contributed by atoms with Gasteiger partial charge in [0.05, 0.1) is 17.9 Å². The lowest BCUT2D eigenvalue weighted by Crippen LogP contribution is -2.59. The predicted molar refractivity (Wildman–Crippen MR) is 87.4 cm³/mol. The molecule has 1 aromatic heterocycles. The zero-order valence-electron chi connectivity index (χ0n) is 15.3. The number of carboxylic acid groups (broad SMARTS) is 1. The smallest absolute Gasteiger partial charge is 0.489 e. The summed E-state index contributed by atoms with van der Waals surface area (Å²) in [5.41, 5.74) is 0.0919. The Morgan fingerprint density at radius 1 is 1.24 bits per heavy atom. The molecule has 1 aliphatic rings. The van der Waals surface area contributed by atoms with Crippen LogP contribution in [0.25, 0.3) is 0 Å². The fourth-order valence-corrected chi connectivity index (χ4v) is 2.28. The molecule has 1 fully saturated rings. The maximum atomic E-state index is 13.0. The van der Waals surface area contributed by atoms with Gasteiger partial charge in [-0.05, 0) is 19.9 Å². The molecular weight excluding hydrogens is 412 g/mol. The first-order valence-electron chi connectivity index (χ1n) is 8.23. The number of nitrogens with zero attached hydrogens (tertiary/aromatic N) is 2. The molecule has 7 nitrogen and oxygen atoms in total. The van der Waals surface area contributed by atoms with Gasteiger partial charge < -0.3 is 20.1 Å². The summed E-state index contributed by atoms with van der Waals surface area (Å²) < 4.78 is 76.3. The van der Waals surface area contributed by atoms with Crippen LogP contribution < -0.4 is 10.1 Å². The van der Waals surface area contributed by atoms with Crippen molar-refractivity contribution in [3.8, 4) is 5.75 Å². The lowest BCUT2D eigenvalue weighted by molar-refractivity contribution is -0.192. The first-order chi connectivity index (χ1) is 13.2. The number of nitrogens with one attached hydrogen (secondary N) is 1. The van der Waals surface area contributed by atoms with E-state index in [-0.39, 0.29) is 24.8 Å². The number of ether oxygens (including phenoxy) is 1. The third-order valence-electron chi connectivity index (χ3n) is 3.46. The van der Waals surface area contributed by atoms with Crippen molar-refractivity contribution in [2.45, 2.75) is 38.3 Å². The largest absolute Gasteiger partial charge is 0.490 e. The Kier molecular flexibility index (Phi) is 8.24. The monoisotopic (exact) mass is 431 g/mol. The molecule has 164 valence electrons. The molecule has 2 N–H and O–H groups in total. The van der Waals surface area contributed by atoms with Crippen LogP contribution in [-0.2, 0) is 4.79 Å². The van der Waals surface area contributed by atoms with Crippen molar-refractivity contribution in [2.75, 3.05) is 19.6 Å². The molecule has 2 rings (SSSR count). The van der Waals surface area contributed by atoms with E-state index in [0.29, 0.717) is 12.3 Å². The van der Waals surface area contributed by atoms with Gasteiger partial charge in [0.25, 0.3) is 5.91 Å². The van der Waals surface area contributed by atoms with Crippen molar-refractivity contribution >= 4 is 11.9 Å². The number of aromatic nitrogens is 1. The molecule has 1 unspecified atom stereocenters. The number of halogens is 6. The Bertz CT molecular complexity index is 709. The van der Waals surface area contributed by atoms with E-state index in [4.69, 9.17) is 14.6 Å². The van der Waals surface area contributed by atoms with E-state index in [1.54, 1.807) is 0 Å². The second kappa shape index (κ2) is 9.76. The summed E-state index contributed by atoms with van der Waals surface area (Å²) in [4.78, 5) is 26.0. The van der Waals surface area contributed by atoms with Crippen LogP contribution in [0, 0.1) is 0 Å². The third kappa shape index (κ3) is 7.75. The van der Waals surface area contributed by atoms with E-state index in [9.17, 15) is 31.1 Å². The second-order valence-electron chi connectivity index (χ2n) is 6.14. The molecule has 1 atom stereocenters. The highest BCUT2D eigenvalue weighted by molar-refractivity contribution is 5.94. The van der Waals surface area contributed by atoms with Crippen molar-refractivity contribution in [1.29, 1.82) is 0 Å². The van der Waals surface area contributed by atoms with Gasteiger partial charge in [-0.25, -0.2) is 4.79 Å². The minimum absolute atomic E-state index is 0.00171. The van der Waals surface area contributed by atoms with Crippen LogP contribution in [0.4, 0.5) is 26.3 Å². The number of amides is 1. The van der Waals surface area contributed by atoms with E-state index >= 15 is 0 Å². The number of carboxylic acids is 1. The molecule has 13 heteroatoms. The summed E-state index contributed by atoms with van der Waals surface area (Å²) in [6.45, 7) is 3.64. The molecule has 1 amide bonds. The average molecular weight is 431 g/mol. The summed E-state index contributed by atoms with van der Waals surface area (Å²) in [7, 11) is 0. The van der Waals surface area contributed by atoms with Crippen molar-refractivity contribution in [3.63, 3.8) is 0 Å². The predicted octanol–water partition coefficient (Wildman–Crippen LogP) is 2.48. The molecule has 0 aromatic carbocycles. The Balaban J connectivity index is 0.000000516. The lowest BCUT2D eigenvalue weighted by Gasteiger charge is -2.37. The van der Waals surface area contributed by atoms with Gasteiger partial charge in [0.15, 0.2) is 0 Å². The van der Waals surface area contributed by atoms with Crippen LogP contribution in [0.1, 0.15) is 24.2 Å². The Hall–Kier alpha value is -2.57. The number of alkyl halides is 6. The lowest BCUT2D eigenvalue weighted by atomic mass is 10.1. The maximum Gasteiger partial charge on any atom is 0.490 e. The van der Waals surface area contributed by atoms with Crippen molar-refractivity contribution in [1.82, 2.24) is 15.2 Å². The van der Waals surface area contributed by atoms with Crippen LogP contribution in [0.2, 0.25) is 0 Å². The maximum absolute atomic E-state index is 13.0. The zero-order valence-corrected chi connectivity index (χ0v) is 15.3. The van der Waals surface area contributed by atoms with Crippen LogP contribution in [0.3, 0.4) is 0 Å². The summed E-state index contributed by atoms with van der Waals surface area (Å²) >= 11 is 0. The SMILES string of the molecule is CC(C)Oc1cncc(C(=O)N2CCNCC2C(F)(F)F)c1.O=C(O)C(F)(F)F. The highest BCUT2D eigenvalue weighted by Gasteiger charge is 2.46. The topological polar surface area (TPSA) is 91.8 Å². The zero-order chi connectivity index (χ0) is 22.4. The summed E-state index contributed by atoms with van der Waals surface area (Å²) in [5, 5.41) is 9.79. The van der Waals surface area contributed by atoms with Crippen LogP contribution in [-0.4, -0.2) is 71.0 Å². The molecule has 1 aliphatic heterocycles. The minimum atomic E-state index is -5.08. The number of pyridine rings is 1. The van der Waals surface area contributed by atoms with Gasteiger partial charge >= 0.3 is 18.3 Å². The molecular formula is C16H19F6N3O4. The number of aliphatic carboxylic acids is 1. The quantitative estimate of drug-likeness (QED) is 0.715. The Morgan fingerprint density at radius 3 is 2.31 bits per heavy atom. The van der Waals surface area contributed by atoms with Gasteiger partial charge in [0.2, 0.25) is 0 Å². The van der Waals surface area contributed by atoms with E-state index in [1.165, 1.54) is 18.5 Å². The number of carbonyl (C=O) groups excluding carboxylic acids is 1. The van der Waals surface area contributed by atoms with Gasteiger partial charge in [-0.3, -0.25) is 9.78 Å². The van der Waals surface area contributed by atoms with Crippen LogP contribution in [0.5, 0.6) is 5.75 Å². The summed E-state index contributed by atoms with van der Waals surface area (Å²) in [6.07, 6.45) is -6.99. The van der Waals surface area contributed by atoms with E-state index in [0.717, 1.165) is 4.90 Å². The Morgan fingerprint density at radius 2 is 1.83 bits per heavy atom. The Labute approximate surface area is 161 Å². The van der Waals surface area contributed by atoms with Gasteiger partial charge in [-0.1, -0.05) is 0 Å². The molecule has 29 heavy (non-hydrogen) atoms. The van der Waals surface area contributed by atoms with Gasteiger partial charge in [0, 0.05) is 25.8 Å².